The van der Waals surface area contributed by atoms with E-state index in [9.17, 15) is 0 Å². The van der Waals surface area contributed by atoms with Crippen LogP contribution in [-0.4, -0.2) is 16.6 Å². The van der Waals surface area contributed by atoms with Crippen LogP contribution >= 0.6 is 0 Å². The van der Waals surface area contributed by atoms with Crippen molar-refractivity contribution >= 4 is 0 Å². The van der Waals surface area contributed by atoms with Crippen molar-refractivity contribution in [3.63, 3.8) is 0 Å². The minimum absolute atomic E-state index is 0.634. The Kier molecular flexibility index (Phi) is 5.83. The van der Waals surface area contributed by atoms with Crippen LogP contribution in [0.2, 0.25) is 0 Å². The summed E-state index contributed by atoms with van der Waals surface area (Å²) >= 11 is 0. The van der Waals surface area contributed by atoms with Gasteiger partial charge in [-0.3, -0.25) is 0 Å². The third kappa shape index (κ3) is 5.28. The van der Waals surface area contributed by atoms with Gasteiger partial charge in [-0.1, -0.05) is 6.07 Å². The Labute approximate surface area is 101 Å². The monoisotopic (exact) mass is 227 g/mol. The second-order valence-corrected chi connectivity index (χ2v) is 2.98. The van der Waals surface area contributed by atoms with Gasteiger partial charge in [0.25, 0.3) is 0 Å². The molecule has 0 radical (unpaired) electrons. The van der Waals surface area contributed by atoms with Gasteiger partial charge < -0.3 is 4.74 Å². The van der Waals surface area contributed by atoms with E-state index in [0.717, 1.165) is 5.75 Å². The minimum Gasteiger partial charge on any atom is -0.494 e. The molecule has 2 aromatic rings. The van der Waals surface area contributed by atoms with E-state index in [1.165, 1.54) is 6.33 Å². The summed E-state index contributed by atoms with van der Waals surface area (Å²) in [6.07, 6.45) is 4.88. The molecular weight excluding hydrogens is 214 g/mol. The summed E-state index contributed by atoms with van der Waals surface area (Å²) in [6.45, 7) is 2.55. The van der Waals surface area contributed by atoms with Crippen molar-refractivity contribution in [2.45, 2.75) is 6.92 Å². The molecule has 0 aliphatic heterocycles. The predicted molar refractivity (Wildman–Crippen MR) is 64.4 cm³/mol. The summed E-state index contributed by atoms with van der Waals surface area (Å²) in [5.41, 5.74) is 0.635. The molecule has 2 rings (SSSR count). The SMILES string of the molecule is CCOc1cccc(C#N)c1.c1cncnc1. The van der Waals surface area contributed by atoms with E-state index in [2.05, 4.69) is 9.97 Å². The van der Waals surface area contributed by atoms with Gasteiger partial charge in [0.2, 0.25) is 0 Å². The smallest absolute Gasteiger partial charge is 0.120 e. The summed E-state index contributed by atoms with van der Waals surface area (Å²) in [6, 6.07) is 10.9. The average Bonchev–Trinajstić information content (AvgIpc) is 2.42. The van der Waals surface area contributed by atoms with Crippen LogP contribution in [0.3, 0.4) is 0 Å². The van der Waals surface area contributed by atoms with Gasteiger partial charge in [0.1, 0.15) is 12.1 Å². The number of nitriles is 1. The van der Waals surface area contributed by atoms with Gasteiger partial charge in [0.15, 0.2) is 0 Å². The molecular formula is C13H13N3O. The first-order valence-corrected chi connectivity index (χ1v) is 5.19. The maximum atomic E-state index is 8.52. The Morgan fingerprint density at radius 2 is 2.00 bits per heavy atom. The van der Waals surface area contributed by atoms with Crippen molar-refractivity contribution in [3.05, 3.63) is 54.6 Å². The van der Waals surface area contributed by atoms with Gasteiger partial charge in [-0.2, -0.15) is 5.26 Å². The van der Waals surface area contributed by atoms with Crippen molar-refractivity contribution in [1.29, 1.82) is 5.26 Å². The third-order valence-electron chi connectivity index (χ3n) is 1.75. The Bertz CT molecular complexity index is 439. The lowest BCUT2D eigenvalue weighted by Crippen LogP contribution is -1.90. The normalized spacial score (nSPS) is 8.47. The molecule has 0 fully saturated rings. The van der Waals surface area contributed by atoms with Crippen molar-refractivity contribution in [2.75, 3.05) is 6.61 Å². The quantitative estimate of drug-likeness (QED) is 0.790. The van der Waals surface area contributed by atoms with Gasteiger partial charge >= 0.3 is 0 Å². The minimum atomic E-state index is 0.634. The van der Waals surface area contributed by atoms with E-state index in [4.69, 9.17) is 10.00 Å². The molecule has 0 atom stereocenters. The molecule has 4 heteroatoms. The van der Waals surface area contributed by atoms with Crippen LogP contribution in [0.4, 0.5) is 0 Å². The molecule has 0 bridgehead atoms. The van der Waals surface area contributed by atoms with Gasteiger partial charge in [-0.15, -0.1) is 0 Å². The Morgan fingerprint density at radius 1 is 1.24 bits per heavy atom. The van der Waals surface area contributed by atoms with Crippen LogP contribution in [0, 0.1) is 11.3 Å². The largest absolute Gasteiger partial charge is 0.494 e. The molecule has 17 heavy (non-hydrogen) atoms. The molecule has 86 valence electrons. The highest BCUT2D eigenvalue weighted by molar-refractivity contribution is 5.36. The van der Waals surface area contributed by atoms with Crippen molar-refractivity contribution in [3.8, 4) is 11.8 Å². The van der Waals surface area contributed by atoms with Gasteiger partial charge in [0, 0.05) is 12.4 Å². The lowest BCUT2D eigenvalue weighted by Gasteiger charge is -2.00. The highest BCUT2D eigenvalue weighted by atomic mass is 16.5. The summed E-state index contributed by atoms with van der Waals surface area (Å²) in [4.78, 5) is 7.35. The van der Waals surface area contributed by atoms with Crippen LogP contribution in [0.1, 0.15) is 12.5 Å². The maximum absolute atomic E-state index is 8.52. The lowest BCUT2D eigenvalue weighted by atomic mass is 10.2. The number of ether oxygens (including phenoxy) is 1. The molecule has 1 aromatic heterocycles. The van der Waals surface area contributed by atoms with E-state index in [0.29, 0.717) is 12.2 Å². The highest BCUT2D eigenvalue weighted by Gasteiger charge is 1.92. The van der Waals surface area contributed by atoms with Crippen molar-refractivity contribution < 1.29 is 4.74 Å². The molecule has 0 N–H and O–H groups in total. The van der Waals surface area contributed by atoms with Crippen LogP contribution in [0.25, 0.3) is 0 Å². The Balaban J connectivity index is 0.000000202. The summed E-state index contributed by atoms with van der Waals surface area (Å²) in [5.74, 6) is 0.756. The molecule has 4 nitrogen and oxygen atoms in total. The topological polar surface area (TPSA) is 58.8 Å². The third-order valence-corrected chi connectivity index (χ3v) is 1.75. The second kappa shape index (κ2) is 7.83. The molecule has 0 saturated heterocycles. The van der Waals surface area contributed by atoms with Gasteiger partial charge in [-0.25, -0.2) is 9.97 Å². The average molecular weight is 227 g/mol. The van der Waals surface area contributed by atoms with Crippen molar-refractivity contribution in [1.82, 2.24) is 9.97 Å². The van der Waals surface area contributed by atoms with E-state index in [1.54, 1.807) is 30.6 Å². The van der Waals surface area contributed by atoms with Crippen LogP contribution in [0.5, 0.6) is 5.75 Å². The zero-order valence-electron chi connectivity index (χ0n) is 9.58. The Hall–Kier alpha value is -2.41. The summed E-state index contributed by atoms with van der Waals surface area (Å²) < 4.78 is 5.20. The molecule has 0 aliphatic carbocycles. The molecule has 0 aliphatic rings. The maximum Gasteiger partial charge on any atom is 0.120 e. The summed E-state index contributed by atoms with van der Waals surface area (Å²) in [5, 5.41) is 8.52. The molecule has 0 amide bonds. The molecule has 0 spiro atoms. The highest BCUT2D eigenvalue weighted by Crippen LogP contribution is 2.11. The number of hydrogen-bond donors (Lipinski definition) is 0. The second-order valence-electron chi connectivity index (χ2n) is 2.98. The molecule has 0 unspecified atom stereocenters. The zero-order chi connectivity index (χ0) is 12.3. The zero-order valence-corrected chi connectivity index (χ0v) is 9.58. The van der Waals surface area contributed by atoms with Gasteiger partial charge in [-0.05, 0) is 31.2 Å². The van der Waals surface area contributed by atoms with E-state index in [-0.39, 0.29) is 0 Å². The van der Waals surface area contributed by atoms with Crippen LogP contribution in [0.15, 0.2) is 49.1 Å². The van der Waals surface area contributed by atoms with Crippen LogP contribution in [-0.2, 0) is 0 Å². The number of benzene rings is 1. The van der Waals surface area contributed by atoms with Crippen molar-refractivity contribution in [2.24, 2.45) is 0 Å². The van der Waals surface area contributed by atoms with Gasteiger partial charge in [0.05, 0.1) is 18.2 Å². The first-order valence-electron chi connectivity index (χ1n) is 5.19. The number of nitrogens with zero attached hydrogens (tertiary/aromatic N) is 3. The molecule has 1 aromatic carbocycles. The fraction of sp³-hybridized carbons (Fsp3) is 0.154. The van der Waals surface area contributed by atoms with E-state index in [1.807, 2.05) is 25.1 Å². The number of aromatic nitrogens is 2. The Morgan fingerprint density at radius 3 is 2.47 bits per heavy atom. The standard InChI is InChI=1S/C9H9NO.C4H4N2/c1-2-11-9-5-3-4-8(6-9)7-10;1-2-5-4-6-3-1/h3-6H,2H2,1H3;1-4H. The summed E-state index contributed by atoms with van der Waals surface area (Å²) in [7, 11) is 0. The molecule has 0 saturated carbocycles. The first kappa shape index (κ1) is 12.7. The van der Waals surface area contributed by atoms with E-state index >= 15 is 0 Å². The predicted octanol–water partition coefficient (Wildman–Crippen LogP) is 2.43. The van der Waals surface area contributed by atoms with Crippen LogP contribution < -0.4 is 4.74 Å². The number of hydrogen-bond acceptors (Lipinski definition) is 4. The molecule has 1 heterocycles. The van der Waals surface area contributed by atoms with E-state index < -0.39 is 0 Å². The fourth-order valence-corrected chi connectivity index (χ4v) is 1.08. The lowest BCUT2D eigenvalue weighted by molar-refractivity contribution is 0.340. The fourth-order valence-electron chi connectivity index (χ4n) is 1.08. The number of rotatable bonds is 2. The first-order chi connectivity index (χ1) is 8.36.